The first-order valence-corrected chi connectivity index (χ1v) is 12.7. The van der Waals surface area contributed by atoms with E-state index in [1.165, 1.54) is 5.56 Å². The largest absolute Gasteiger partial charge is 0.365 e. The molecule has 0 saturated carbocycles. The van der Waals surface area contributed by atoms with Crippen LogP contribution in [-0.4, -0.2) is 28.5 Å². The van der Waals surface area contributed by atoms with Gasteiger partial charge in [0.15, 0.2) is 0 Å². The van der Waals surface area contributed by atoms with Gasteiger partial charge < -0.3 is 14.5 Å². The van der Waals surface area contributed by atoms with Gasteiger partial charge >= 0.3 is 0 Å². The van der Waals surface area contributed by atoms with Crippen LogP contribution in [0.25, 0.3) is 0 Å². The molecule has 34 heavy (non-hydrogen) atoms. The fourth-order valence-corrected chi connectivity index (χ4v) is 4.75. The van der Waals surface area contributed by atoms with Gasteiger partial charge in [0.05, 0.1) is 13.3 Å². The Balaban J connectivity index is 1.42. The molecular weight excluding hydrogens is 534 g/mol. The first-order valence-electron chi connectivity index (χ1n) is 10.8. The summed E-state index contributed by atoms with van der Waals surface area (Å²) in [6.07, 6.45) is 4.56. The second kappa shape index (κ2) is 11.9. The average Bonchev–Trinajstić information content (AvgIpc) is 3.30. The third-order valence-electron chi connectivity index (χ3n) is 5.61. The molecule has 0 aromatic heterocycles. The number of alkyl halides is 1. The van der Waals surface area contributed by atoms with Crippen LogP contribution in [0, 0.1) is 0 Å². The number of rotatable bonds is 9. The van der Waals surface area contributed by atoms with E-state index in [1.807, 2.05) is 48.7 Å². The van der Waals surface area contributed by atoms with E-state index in [0.29, 0.717) is 28.3 Å². The van der Waals surface area contributed by atoms with E-state index < -0.39 is 11.6 Å². The summed E-state index contributed by atoms with van der Waals surface area (Å²) in [5, 5.41) is 2.54. The minimum Gasteiger partial charge on any atom is -0.365 e. The highest BCUT2D eigenvalue weighted by molar-refractivity contribution is 6.35. The van der Waals surface area contributed by atoms with Gasteiger partial charge in [-0.05, 0) is 59.5 Å². The molecule has 1 aliphatic heterocycles. The molecule has 0 radical (unpaired) electrons. The van der Waals surface area contributed by atoms with E-state index in [1.54, 1.807) is 12.1 Å². The predicted molar refractivity (Wildman–Crippen MR) is 143 cm³/mol. The summed E-state index contributed by atoms with van der Waals surface area (Å²) in [4.78, 5) is 4.28. The summed E-state index contributed by atoms with van der Waals surface area (Å²) in [5.41, 5.74) is 2.57. The van der Waals surface area contributed by atoms with Gasteiger partial charge in [-0.25, -0.2) is 0 Å². The fraction of sp³-hybridized carbons (Fsp3) is 0.231. The normalized spacial score (nSPS) is 15.1. The van der Waals surface area contributed by atoms with Gasteiger partial charge in [0.2, 0.25) is 0 Å². The van der Waals surface area contributed by atoms with Gasteiger partial charge in [0, 0.05) is 39.0 Å². The maximum Gasteiger partial charge on any atom is 0.135 e. The highest BCUT2D eigenvalue weighted by Crippen LogP contribution is 2.33. The van der Waals surface area contributed by atoms with Gasteiger partial charge in [-0.3, -0.25) is 0 Å². The van der Waals surface area contributed by atoms with Crippen LogP contribution in [0.1, 0.15) is 22.8 Å². The SMILES string of the molecule is Clc1ccc(CCN2C=CN(C(Cl)C(OCc3ccc(Cl)cc3Cl)c3ccc(Cl)cc3)C2)cc1. The minimum absolute atomic E-state index is 0.296. The second-order valence-corrected chi connectivity index (χ2v) is 10.2. The van der Waals surface area contributed by atoms with Crippen LogP contribution in [0.5, 0.6) is 0 Å². The molecule has 2 atom stereocenters. The quantitative estimate of drug-likeness (QED) is 0.194. The van der Waals surface area contributed by atoms with E-state index >= 15 is 0 Å². The van der Waals surface area contributed by atoms with Crippen LogP contribution in [0.3, 0.4) is 0 Å². The first-order chi connectivity index (χ1) is 16.4. The molecule has 178 valence electrons. The van der Waals surface area contributed by atoms with E-state index in [4.69, 9.17) is 62.7 Å². The zero-order chi connectivity index (χ0) is 24.1. The summed E-state index contributed by atoms with van der Waals surface area (Å²) in [6.45, 7) is 1.83. The predicted octanol–water partition coefficient (Wildman–Crippen LogP) is 8.41. The molecule has 1 heterocycles. The summed E-state index contributed by atoms with van der Waals surface area (Å²) in [5.74, 6) is 0. The first kappa shape index (κ1) is 25.5. The molecule has 3 nitrogen and oxygen atoms in total. The summed E-state index contributed by atoms with van der Waals surface area (Å²) in [6, 6.07) is 20.8. The number of hydrogen-bond donors (Lipinski definition) is 0. The molecule has 3 aromatic rings. The average molecular weight is 557 g/mol. The molecular formula is C26H23Cl5N2O. The zero-order valence-corrected chi connectivity index (χ0v) is 22.0. The van der Waals surface area contributed by atoms with E-state index in [-0.39, 0.29) is 0 Å². The molecule has 0 saturated heterocycles. The van der Waals surface area contributed by atoms with Crippen LogP contribution in [0.4, 0.5) is 0 Å². The Hall–Kier alpha value is -1.59. The Morgan fingerprint density at radius 3 is 2.12 bits per heavy atom. The Labute approximate surface area is 225 Å². The lowest BCUT2D eigenvalue weighted by Gasteiger charge is -2.31. The van der Waals surface area contributed by atoms with E-state index in [9.17, 15) is 0 Å². The molecule has 0 amide bonds. The van der Waals surface area contributed by atoms with E-state index in [2.05, 4.69) is 28.1 Å². The van der Waals surface area contributed by atoms with Crippen molar-refractivity contribution < 1.29 is 4.74 Å². The Kier molecular flexibility index (Phi) is 8.92. The smallest absolute Gasteiger partial charge is 0.135 e. The topological polar surface area (TPSA) is 15.7 Å². The second-order valence-electron chi connectivity index (χ2n) is 8.03. The monoisotopic (exact) mass is 554 g/mol. The number of halogens is 5. The van der Waals surface area contributed by atoms with Crippen LogP contribution in [0.15, 0.2) is 79.1 Å². The third kappa shape index (κ3) is 6.75. The van der Waals surface area contributed by atoms with Crippen LogP contribution < -0.4 is 0 Å². The third-order valence-corrected chi connectivity index (χ3v) is 7.18. The highest BCUT2D eigenvalue weighted by atomic mass is 35.5. The van der Waals surface area contributed by atoms with Crippen LogP contribution in [-0.2, 0) is 17.8 Å². The van der Waals surface area contributed by atoms with Crippen molar-refractivity contribution in [2.24, 2.45) is 0 Å². The summed E-state index contributed by atoms with van der Waals surface area (Å²) < 4.78 is 6.32. The molecule has 0 N–H and O–H groups in total. The summed E-state index contributed by atoms with van der Waals surface area (Å²) >= 11 is 31.4. The Morgan fingerprint density at radius 2 is 1.44 bits per heavy atom. The van der Waals surface area contributed by atoms with Crippen LogP contribution >= 0.6 is 58.0 Å². The van der Waals surface area contributed by atoms with Crippen molar-refractivity contribution in [3.8, 4) is 0 Å². The number of ether oxygens (including phenoxy) is 1. The van der Waals surface area contributed by atoms with Gasteiger partial charge in [-0.15, -0.1) is 0 Å². The highest BCUT2D eigenvalue weighted by Gasteiger charge is 2.29. The lowest BCUT2D eigenvalue weighted by atomic mass is 10.1. The van der Waals surface area contributed by atoms with Crippen molar-refractivity contribution in [1.82, 2.24) is 9.80 Å². The molecule has 3 aromatic carbocycles. The number of hydrogen-bond acceptors (Lipinski definition) is 3. The lowest BCUT2D eigenvalue weighted by molar-refractivity contribution is 0.00688. The lowest BCUT2D eigenvalue weighted by Crippen LogP contribution is -2.36. The van der Waals surface area contributed by atoms with Crippen molar-refractivity contribution in [2.75, 3.05) is 13.2 Å². The summed E-state index contributed by atoms with van der Waals surface area (Å²) in [7, 11) is 0. The molecule has 0 aliphatic carbocycles. The van der Waals surface area contributed by atoms with Crippen LogP contribution in [0.2, 0.25) is 20.1 Å². The zero-order valence-electron chi connectivity index (χ0n) is 18.2. The maximum absolute atomic E-state index is 6.98. The van der Waals surface area contributed by atoms with Crippen molar-refractivity contribution in [3.63, 3.8) is 0 Å². The molecule has 4 rings (SSSR count). The fourth-order valence-electron chi connectivity index (χ4n) is 3.69. The molecule has 2 unspecified atom stereocenters. The minimum atomic E-state index is -0.441. The molecule has 8 heteroatoms. The van der Waals surface area contributed by atoms with Crippen molar-refractivity contribution >= 4 is 58.0 Å². The van der Waals surface area contributed by atoms with Crippen molar-refractivity contribution in [2.45, 2.75) is 24.6 Å². The standard InChI is InChI=1S/C26H23Cl5N2O/c27-21-6-1-18(2-7-21)11-12-32-13-14-33(17-32)26(31)25(19-3-8-22(28)9-4-19)34-16-20-5-10-23(29)15-24(20)30/h1-10,13-15,25-26H,11-12,16-17H2. The Bertz CT molecular complexity index is 1120. The van der Waals surface area contributed by atoms with Gasteiger partial charge in [0.25, 0.3) is 0 Å². The van der Waals surface area contributed by atoms with E-state index in [0.717, 1.165) is 29.1 Å². The number of benzene rings is 3. The molecule has 0 fully saturated rings. The molecule has 0 bridgehead atoms. The molecule has 0 spiro atoms. The Morgan fingerprint density at radius 1 is 0.794 bits per heavy atom. The maximum atomic E-state index is 6.98. The van der Waals surface area contributed by atoms with Crippen molar-refractivity contribution in [3.05, 3.63) is 116 Å². The molecule has 1 aliphatic rings. The van der Waals surface area contributed by atoms with Crippen molar-refractivity contribution in [1.29, 1.82) is 0 Å². The van der Waals surface area contributed by atoms with Gasteiger partial charge in [0.1, 0.15) is 11.6 Å². The van der Waals surface area contributed by atoms with Gasteiger partial charge in [-0.1, -0.05) is 88.3 Å². The van der Waals surface area contributed by atoms with Gasteiger partial charge in [-0.2, -0.15) is 0 Å². The number of nitrogens with zero attached hydrogens (tertiary/aromatic N) is 2.